The molecule has 0 aliphatic heterocycles. The van der Waals surface area contributed by atoms with Gasteiger partial charge < -0.3 is 5.32 Å². The topological polar surface area (TPSA) is 107 Å². The van der Waals surface area contributed by atoms with Crippen LogP contribution in [0.15, 0.2) is 52.0 Å². The summed E-state index contributed by atoms with van der Waals surface area (Å²) in [4.78, 5) is 17.0. The van der Waals surface area contributed by atoms with Crippen molar-refractivity contribution in [3.05, 3.63) is 64.0 Å². The number of fused-ring (bicyclic) bond motifs is 1. The fourth-order valence-electron chi connectivity index (χ4n) is 2.47. The van der Waals surface area contributed by atoms with Gasteiger partial charge in [0.1, 0.15) is 11.3 Å². The molecule has 1 aromatic carbocycles. The maximum Gasteiger partial charge on any atom is 0.270 e. The van der Waals surface area contributed by atoms with Gasteiger partial charge in [0.05, 0.1) is 10.6 Å². The third kappa shape index (κ3) is 3.73. The Morgan fingerprint density at radius 3 is 2.56 bits per heavy atom. The molecule has 0 aliphatic carbocycles. The Morgan fingerprint density at radius 2 is 1.92 bits per heavy atom. The minimum atomic E-state index is -3.72. The molecule has 0 unspecified atom stereocenters. The van der Waals surface area contributed by atoms with Crippen LogP contribution in [0, 0.1) is 6.92 Å². The number of halogens is 1. The molecule has 0 spiro atoms. The molecule has 0 atom stereocenters. The Morgan fingerprint density at radius 1 is 1.24 bits per heavy atom. The number of rotatable bonds is 4. The quantitative estimate of drug-likeness (QED) is 0.669. The van der Waals surface area contributed by atoms with Crippen molar-refractivity contribution in [3.63, 3.8) is 0 Å². The number of hydrogen-bond donors (Lipinski definition) is 2. The van der Waals surface area contributed by atoms with Crippen LogP contribution in [0.4, 0.5) is 0 Å². The summed E-state index contributed by atoms with van der Waals surface area (Å²) >= 11 is 3.38. The summed E-state index contributed by atoms with van der Waals surface area (Å²) < 4.78 is 25.1. The fourth-order valence-corrected chi connectivity index (χ4v) is 3.33. The van der Waals surface area contributed by atoms with Gasteiger partial charge in [-0.2, -0.15) is 0 Å². The third-order valence-corrected chi connectivity index (χ3v) is 5.08. The van der Waals surface area contributed by atoms with Crippen LogP contribution in [0.5, 0.6) is 0 Å². The van der Waals surface area contributed by atoms with Crippen LogP contribution in [0.1, 0.15) is 21.7 Å². The molecule has 3 N–H and O–H groups in total. The molecule has 0 saturated heterocycles. The molecular formula is C16H15BrN4O3S. The number of hydrogen-bond acceptors (Lipinski definition) is 4. The van der Waals surface area contributed by atoms with Gasteiger partial charge in [0, 0.05) is 17.2 Å². The minimum absolute atomic E-state index is 0.0325. The van der Waals surface area contributed by atoms with Gasteiger partial charge in [-0.05, 0) is 52.7 Å². The summed E-state index contributed by atoms with van der Waals surface area (Å²) in [5, 5.41) is 7.88. The van der Waals surface area contributed by atoms with Gasteiger partial charge in [0.25, 0.3) is 5.91 Å². The molecule has 25 heavy (non-hydrogen) atoms. The van der Waals surface area contributed by atoms with Gasteiger partial charge in [-0.15, -0.1) is 0 Å². The zero-order chi connectivity index (χ0) is 18.2. The monoisotopic (exact) mass is 422 g/mol. The number of pyridine rings is 1. The second-order valence-corrected chi connectivity index (χ2v) is 7.97. The molecule has 0 aliphatic rings. The lowest BCUT2D eigenvalue weighted by Crippen LogP contribution is -2.25. The highest BCUT2D eigenvalue weighted by Crippen LogP contribution is 2.17. The van der Waals surface area contributed by atoms with Crippen LogP contribution >= 0.6 is 15.9 Å². The second-order valence-electron chi connectivity index (χ2n) is 5.49. The minimum Gasteiger partial charge on any atom is -0.347 e. The number of nitrogens with two attached hydrogens (primary N) is 1. The van der Waals surface area contributed by atoms with Crippen molar-refractivity contribution < 1.29 is 13.2 Å². The Balaban J connectivity index is 1.79. The van der Waals surface area contributed by atoms with Gasteiger partial charge in [-0.1, -0.05) is 12.1 Å². The number of imidazole rings is 1. The van der Waals surface area contributed by atoms with Crippen LogP contribution in [-0.4, -0.2) is 23.7 Å². The molecule has 0 fully saturated rings. The highest BCUT2D eigenvalue weighted by molar-refractivity contribution is 9.10. The van der Waals surface area contributed by atoms with Gasteiger partial charge in [-0.25, -0.2) is 18.5 Å². The van der Waals surface area contributed by atoms with Crippen molar-refractivity contribution >= 4 is 37.5 Å². The van der Waals surface area contributed by atoms with E-state index in [4.69, 9.17) is 5.14 Å². The van der Waals surface area contributed by atoms with E-state index in [9.17, 15) is 13.2 Å². The van der Waals surface area contributed by atoms with Gasteiger partial charge in [0.2, 0.25) is 10.0 Å². The first-order valence-electron chi connectivity index (χ1n) is 7.30. The number of nitrogens with zero attached hydrogens (tertiary/aromatic N) is 2. The van der Waals surface area contributed by atoms with E-state index in [1.54, 1.807) is 29.7 Å². The predicted octanol–water partition coefficient (Wildman–Crippen LogP) is 1.98. The number of aryl methyl sites for hydroxylation is 1. The fraction of sp³-hybridized carbons (Fsp3) is 0.125. The SMILES string of the molecule is Cc1nc2ccc(Br)cn2c1C(=O)NCc1ccc(S(N)(=O)=O)cc1. The molecule has 130 valence electrons. The normalized spacial score (nSPS) is 11.6. The molecule has 9 heteroatoms. The van der Waals surface area contributed by atoms with E-state index in [0.717, 1.165) is 10.0 Å². The molecule has 0 radical (unpaired) electrons. The van der Waals surface area contributed by atoms with E-state index in [-0.39, 0.29) is 17.3 Å². The summed E-state index contributed by atoms with van der Waals surface area (Å²) in [5.74, 6) is -0.265. The first-order valence-corrected chi connectivity index (χ1v) is 9.64. The molecule has 2 aromatic heterocycles. The highest BCUT2D eigenvalue weighted by Gasteiger charge is 2.16. The number of primary sulfonamides is 1. The number of carbonyl (C=O) groups excluding carboxylic acids is 1. The largest absolute Gasteiger partial charge is 0.347 e. The lowest BCUT2D eigenvalue weighted by atomic mass is 10.2. The molecule has 2 heterocycles. The molecule has 7 nitrogen and oxygen atoms in total. The van der Waals surface area contributed by atoms with E-state index >= 15 is 0 Å². The Hall–Kier alpha value is -2.23. The first kappa shape index (κ1) is 17.6. The van der Waals surface area contributed by atoms with E-state index in [1.165, 1.54) is 12.1 Å². The average molecular weight is 423 g/mol. The van der Waals surface area contributed by atoms with E-state index < -0.39 is 10.0 Å². The number of benzene rings is 1. The van der Waals surface area contributed by atoms with E-state index in [2.05, 4.69) is 26.2 Å². The van der Waals surface area contributed by atoms with Crippen LogP contribution in [-0.2, 0) is 16.6 Å². The maximum absolute atomic E-state index is 12.5. The summed E-state index contributed by atoms with van der Waals surface area (Å²) in [6.45, 7) is 2.03. The van der Waals surface area contributed by atoms with Crippen molar-refractivity contribution in [2.24, 2.45) is 5.14 Å². The Kier molecular flexibility index (Phi) is 4.63. The highest BCUT2D eigenvalue weighted by atomic mass is 79.9. The molecule has 0 bridgehead atoms. The molecule has 3 rings (SSSR count). The zero-order valence-electron chi connectivity index (χ0n) is 13.2. The van der Waals surface area contributed by atoms with Crippen LogP contribution < -0.4 is 10.5 Å². The summed E-state index contributed by atoms with van der Waals surface area (Å²) in [7, 11) is -3.72. The summed E-state index contributed by atoms with van der Waals surface area (Å²) in [6.07, 6.45) is 1.78. The smallest absolute Gasteiger partial charge is 0.270 e. The average Bonchev–Trinajstić information content (AvgIpc) is 2.87. The standard InChI is InChI=1S/C16H15BrN4O3S/c1-10-15(21-9-12(17)4-7-14(21)20-10)16(22)19-8-11-2-5-13(6-3-11)25(18,23)24/h2-7,9H,8H2,1H3,(H,19,22)(H2,18,23,24). The van der Waals surface area contributed by atoms with Crippen molar-refractivity contribution in [2.75, 3.05) is 0 Å². The molecule has 3 aromatic rings. The van der Waals surface area contributed by atoms with Crippen molar-refractivity contribution in [2.45, 2.75) is 18.4 Å². The number of amides is 1. The van der Waals surface area contributed by atoms with Crippen LogP contribution in [0.2, 0.25) is 0 Å². The number of sulfonamides is 1. The maximum atomic E-state index is 12.5. The Labute approximate surface area is 153 Å². The predicted molar refractivity (Wildman–Crippen MR) is 96.6 cm³/mol. The van der Waals surface area contributed by atoms with Crippen molar-refractivity contribution in [1.82, 2.24) is 14.7 Å². The van der Waals surface area contributed by atoms with Gasteiger partial charge >= 0.3 is 0 Å². The van der Waals surface area contributed by atoms with Crippen LogP contribution in [0.3, 0.4) is 0 Å². The molecule has 1 amide bonds. The number of aromatic nitrogens is 2. The van der Waals surface area contributed by atoms with E-state index in [0.29, 0.717) is 17.0 Å². The lowest BCUT2D eigenvalue weighted by Gasteiger charge is -2.07. The van der Waals surface area contributed by atoms with Crippen molar-refractivity contribution in [1.29, 1.82) is 0 Å². The summed E-state index contributed by atoms with van der Waals surface area (Å²) in [6, 6.07) is 9.72. The van der Waals surface area contributed by atoms with Crippen molar-refractivity contribution in [3.8, 4) is 0 Å². The number of carbonyl (C=O) groups is 1. The molecular weight excluding hydrogens is 408 g/mol. The van der Waals surface area contributed by atoms with E-state index in [1.807, 2.05) is 12.1 Å². The first-order chi connectivity index (χ1) is 11.8. The van der Waals surface area contributed by atoms with Gasteiger partial charge in [-0.3, -0.25) is 9.20 Å². The Bertz CT molecular complexity index is 1060. The van der Waals surface area contributed by atoms with Gasteiger partial charge in [0.15, 0.2) is 0 Å². The van der Waals surface area contributed by atoms with Crippen LogP contribution in [0.25, 0.3) is 5.65 Å². The summed E-state index contributed by atoms with van der Waals surface area (Å²) in [5.41, 5.74) is 2.52. The third-order valence-electron chi connectivity index (χ3n) is 3.68. The lowest BCUT2D eigenvalue weighted by molar-refractivity contribution is 0.0944. The zero-order valence-corrected chi connectivity index (χ0v) is 15.6. The second kappa shape index (κ2) is 6.58. The molecule has 0 saturated carbocycles. The number of nitrogens with one attached hydrogen (secondary N) is 1.